The molecule has 0 amide bonds. The summed E-state index contributed by atoms with van der Waals surface area (Å²) in [5.74, 6) is -0.131. The zero-order valence-electron chi connectivity index (χ0n) is 10.5. The first-order valence-corrected chi connectivity index (χ1v) is 5.74. The van der Waals surface area contributed by atoms with Crippen molar-refractivity contribution in [2.75, 3.05) is 0 Å². The van der Waals surface area contributed by atoms with Crippen LogP contribution in [0, 0.1) is 11.8 Å². The maximum absolute atomic E-state index is 12.1. The molecule has 0 saturated heterocycles. The summed E-state index contributed by atoms with van der Waals surface area (Å²) < 4.78 is 40.1. The molecule has 5 heteroatoms. The summed E-state index contributed by atoms with van der Waals surface area (Å²) in [6.07, 6.45) is -5.52. The lowest BCUT2D eigenvalue weighted by Crippen LogP contribution is -2.18. The summed E-state index contributed by atoms with van der Waals surface area (Å²) >= 11 is 0. The van der Waals surface area contributed by atoms with Gasteiger partial charge in [0.05, 0.1) is 6.10 Å². The maximum atomic E-state index is 12.1. The van der Waals surface area contributed by atoms with E-state index >= 15 is 0 Å². The van der Waals surface area contributed by atoms with Crippen LogP contribution in [0.4, 0.5) is 13.2 Å². The molecule has 102 valence electrons. The Morgan fingerprint density at radius 1 is 1.17 bits per heavy atom. The second-order valence-corrected chi connectivity index (χ2v) is 4.67. The number of hydrogen-bond acceptors (Lipinski definition) is 2. The van der Waals surface area contributed by atoms with Crippen LogP contribution in [-0.2, 0) is 0 Å². The molecule has 2 atom stereocenters. The third kappa shape index (κ3) is 4.22. The molecular weight excluding hydrogens is 245 g/mol. The van der Waals surface area contributed by atoms with Gasteiger partial charge in [-0.2, -0.15) is 0 Å². The molecule has 0 bridgehead atoms. The molecule has 18 heavy (non-hydrogen) atoms. The van der Waals surface area contributed by atoms with Crippen molar-refractivity contribution in [1.29, 1.82) is 0 Å². The first-order chi connectivity index (χ1) is 8.20. The second kappa shape index (κ2) is 5.61. The Bertz CT molecular complexity index is 388. The molecule has 1 N–H and O–H groups in total. The predicted molar refractivity (Wildman–Crippen MR) is 62.1 cm³/mol. The van der Waals surface area contributed by atoms with Crippen molar-refractivity contribution in [3.05, 3.63) is 29.8 Å². The average Bonchev–Trinajstić information content (AvgIpc) is 2.25. The monoisotopic (exact) mass is 262 g/mol. The minimum Gasteiger partial charge on any atom is -0.406 e. The van der Waals surface area contributed by atoms with E-state index in [-0.39, 0.29) is 17.6 Å². The van der Waals surface area contributed by atoms with Gasteiger partial charge in [0.15, 0.2) is 0 Å². The fraction of sp³-hybridized carbons (Fsp3) is 0.538. The molecule has 0 aliphatic rings. The van der Waals surface area contributed by atoms with Gasteiger partial charge >= 0.3 is 6.36 Å². The Hall–Kier alpha value is -1.23. The van der Waals surface area contributed by atoms with Crippen LogP contribution in [0.2, 0.25) is 0 Å². The Labute approximate surface area is 104 Å². The van der Waals surface area contributed by atoms with E-state index in [1.54, 1.807) is 6.07 Å². The quantitative estimate of drug-likeness (QED) is 0.891. The van der Waals surface area contributed by atoms with E-state index in [2.05, 4.69) is 4.74 Å². The first kappa shape index (κ1) is 14.8. The normalized spacial score (nSPS) is 15.6. The number of halogens is 3. The molecule has 0 spiro atoms. The van der Waals surface area contributed by atoms with E-state index < -0.39 is 12.5 Å². The summed E-state index contributed by atoms with van der Waals surface area (Å²) in [7, 11) is 0. The molecule has 0 radical (unpaired) electrons. The molecule has 0 saturated carbocycles. The van der Waals surface area contributed by atoms with E-state index in [1.807, 2.05) is 20.8 Å². The number of aliphatic hydroxyl groups is 1. The highest BCUT2D eigenvalue weighted by molar-refractivity contribution is 5.30. The summed E-state index contributed by atoms with van der Waals surface area (Å²) in [5, 5.41) is 10.0. The van der Waals surface area contributed by atoms with Crippen LogP contribution in [0.25, 0.3) is 0 Å². The van der Waals surface area contributed by atoms with Crippen molar-refractivity contribution in [3.63, 3.8) is 0 Å². The van der Waals surface area contributed by atoms with Crippen molar-refractivity contribution < 1.29 is 23.0 Å². The van der Waals surface area contributed by atoms with Crippen molar-refractivity contribution in [2.24, 2.45) is 11.8 Å². The van der Waals surface area contributed by atoms with Crippen LogP contribution in [0.15, 0.2) is 24.3 Å². The summed E-state index contributed by atoms with van der Waals surface area (Å²) in [5.41, 5.74) is 0.429. The molecular formula is C13H17F3O2. The number of aliphatic hydroxyl groups excluding tert-OH is 1. The Morgan fingerprint density at radius 2 is 1.78 bits per heavy atom. The minimum absolute atomic E-state index is 0.0499. The number of ether oxygens (including phenoxy) is 1. The van der Waals surface area contributed by atoms with Crippen LogP contribution < -0.4 is 4.74 Å². The molecule has 1 aromatic rings. The van der Waals surface area contributed by atoms with E-state index in [1.165, 1.54) is 18.2 Å². The second-order valence-electron chi connectivity index (χ2n) is 4.67. The van der Waals surface area contributed by atoms with Crippen molar-refractivity contribution in [2.45, 2.75) is 33.2 Å². The van der Waals surface area contributed by atoms with Crippen LogP contribution in [0.5, 0.6) is 5.75 Å². The van der Waals surface area contributed by atoms with Crippen LogP contribution >= 0.6 is 0 Å². The number of hydrogen-bond donors (Lipinski definition) is 1. The van der Waals surface area contributed by atoms with Crippen LogP contribution in [0.3, 0.4) is 0 Å². The van der Waals surface area contributed by atoms with E-state index in [0.29, 0.717) is 5.56 Å². The molecule has 0 fully saturated rings. The molecule has 0 aliphatic heterocycles. The van der Waals surface area contributed by atoms with E-state index in [9.17, 15) is 18.3 Å². The summed E-state index contributed by atoms with van der Waals surface area (Å²) in [4.78, 5) is 0. The maximum Gasteiger partial charge on any atom is 0.573 e. The largest absolute Gasteiger partial charge is 0.573 e. The highest BCUT2D eigenvalue weighted by atomic mass is 19.4. The minimum atomic E-state index is -4.72. The van der Waals surface area contributed by atoms with Gasteiger partial charge in [0, 0.05) is 0 Å². The lowest BCUT2D eigenvalue weighted by atomic mass is 9.88. The molecule has 1 aromatic carbocycles. The molecule has 2 unspecified atom stereocenters. The van der Waals surface area contributed by atoms with Crippen LogP contribution in [0.1, 0.15) is 32.4 Å². The number of alkyl halides is 3. The fourth-order valence-electron chi connectivity index (χ4n) is 1.56. The van der Waals surface area contributed by atoms with Crippen molar-refractivity contribution in [3.8, 4) is 5.75 Å². The molecule has 1 rings (SSSR count). The van der Waals surface area contributed by atoms with Gasteiger partial charge < -0.3 is 9.84 Å². The average molecular weight is 262 g/mol. The zero-order valence-corrected chi connectivity index (χ0v) is 10.5. The van der Waals surface area contributed by atoms with Crippen molar-refractivity contribution >= 4 is 0 Å². The van der Waals surface area contributed by atoms with Gasteiger partial charge in [0.1, 0.15) is 5.75 Å². The molecule has 0 heterocycles. The van der Waals surface area contributed by atoms with Gasteiger partial charge in [0.25, 0.3) is 0 Å². The SMILES string of the molecule is CC(C)C(C)C(O)c1cccc(OC(F)(F)F)c1. The highest BCUT2D eigenvalue weighted by Gasteiger charge is 2.31. The van der Waals surface area contributed by atoms with E-state index in [0.717, 1.165) is 0 Å². The fourth-order valence-corrected chi connectivity index (χ4v) is 1.56. The Morgan fingerprint density at radius 3 is 2.28 bits per heavy atom. The Kier molecular flexibility index (Phi) is 4.62. The highest BCUT2D eigenvalue weighted by Crippen LogP contribution is 2.31. The smallest absolute Gasteiger partial charge is 0.406 e. The van der Waals surface area contributed by atoms with Gasteiger partial charge in [-0.3, -0.25) is 0 Å². The van der Waals surface area contributed by atoms with Gasteiger partial charge in [-0.05, 0) is 29.5 Å². The number of rotatable bonds is 4. The Balaban J connectivity index is 2.88. The topological polar surface area (TPSA) is 29.5 Å². The zero-order chi connectivity index (χ0) is 13.9. The summed E-state index contributed by atoms with van der Waals surface area (Å²) in [6, 6.07) is 5.46. The first-order valence-electron chi connectivity index (χ1n) is 5.74. The van der Waals surface area contributed by atoms with Gasteiger partial charge in [-0.1, -0.05) is 32.9 Å². The van der Waals surface area contributed by atoms with Gasteiger partial charge in [0.2, 0.25) is 0 Å². The standard InChI is InChI=1S/C13H17F3O2/c1-8(2)9(3)12(17)10-5-4-6-11(7-10)18-13(14,15)16/h4-9,12,17H,1-3H3. The third-order valence-electron chi connectivity index (χ3n) is 2.98. The van der Waals surface area contributed by atoms with E-state index in [4.69, 9.17) is 0 Å². The van der Waals surface area contributed by atoms with Crippen molar-refractivity contribution in [1.82, 2.24) is 0 Å². The lowest BCUT2D eigenvalue weighted by molar-refractivity contribution is -0.274. The van der Waals surface area contributed by atoms with Gasteiger partial charge in [-0.25, -0.2) is 0 Å². The third-order valence-corrected chi connectivity index (χ3v) is 2.98. The predicted octanol–water partition coefficient (Wildman–Crippen LogP) is 3.91. The van der Waals surface area contributed by atoms with Gasteiger partial charge in [-0.15, -0.1) is 13.2 Å². The number of benzene rings is 1. The lowest BCUT2D eigenvalue weighted by Gasteiger charge is -2.23. The van der Waals surface area contributed by atoms with Crippen LogP contribution in [-0.4, -0.2) is 11.5 Å². The molecule has 0 aromatic heterocycles. The summed E-state index contributed by atoms with van der Waals surface area (Å²) in [6.45, 7) is 5.75. The molecule has 0 aliphatic carbocycles. The molecule has 2 nitrogen and oxygen atoms in total.